The van der Waals surface area contributed by atoms with Gasteiger partial charge in [-0.1, -0.05) is 18.2 Å². The summed E-state index contributed by atoms with van der Waals surface area (Å²) in [5.41, 5.74) is 1.24. The molecule has 1 unspecified atom stereocenters. The monoisotopic (exact) mass is 288 g/mol. The maximum atomic E-state index is 12.2. The molecule has 4 heteroatoms. The van der Waals surface area contributed by atoms with Gasteiger partial charge in [-0.05, 0) is 49.9 Å². The Bertz CT molecular complexity index is 634. The van der Waals surface area contributed by atoms with Gasteiger partial charge in [-0.25, -0.2) is 0 Å². The molecule has 1 atom stereocenters. The number of carbonyl (C=O) groups excluding carboxylic acids is 1. The quantitative estimate of drug-likeness (QED) is 0.942. The zero-order valence-electron chi connectivity index (χ0n) is 12.0. The van der Waals surface area contributed by atoms with E-state index in [2.05, 4.69) is 36.3 Å². The van der Waals surface area contributed by atoms with Gasteiger partial charge in [-0.15, -0.1) is 11.3 Å². The van der Waals surface area contributed by atoms with Crippen LogP contribution in [-0.2, 0) is 0 Å². The van der Waals surface area contributed by atoms with E-state index in [4.69, 9.17) is 0 Å². The van der Waals surface area contributed by atoms with Crippen LogP contribution in [0, 0.1) is 12.8 Å². The predicted molar refractivity (Wildman–Crippen MR) is 84.5 cm³/mol. The van der Waals surface area contributed by atoms with Crippen molar-refractivity contribution in [3.63, 3.8) is 0 Å². The van der Waals surface area contributed by atoms with Crippen molar-refractivity contribution in [1.82, 2.24) is 10.2 Å². The van der Waals surface area contributed by atoms with Crippen molar-refractivity contribution in [2.75, 3.05) is 26.7 Å². The number of benzene rings is 1. The molecule has 106 valence electrons. The summed E-state index contributed by atoms with van der Waals surface area (Å²) in [6.07, 6.45) is 1.18. The van der Waals surface area contributed by atoms with Gasteiger partial charge in [0.25, 0.3) is 5.91 Å². The van der Waals surface area contributed by atoms with Gasteiger partial charge in [0, 0.05) is 17.8 Å². The largest absolute Gasteiger partial charge is 0.351 e. The van der Waals surface area contributed by atoms with E-state index in [-0.39, 0.29) is 5.91 Å². The normalized spacial score (nSPS) is 19.6. The third-order valence-corrected chi connectivity index (χ3v) is 5.29. The van der Waals surface area contributed by atoms with Gasteiger partial charge >= 0.3 is 0 Å². The average Bonchev–Trinajstić information content (AvgIpc) is 3.03. The molecule has 1 aromatic carbocycles. The summed E-state index contributed by atoms with van der Waals surface area (Å²) in [5, 5.41) is 4.25. The third-order valence-electron chi connectivity index (χ3n) is 4.00. The zero-order valence-corrected chi connectivity index (χ0v) is 12.8. The topological polar surface area (TPSA) is 32.3 Å². The number of rotatable bonds is 3. The van der Waals surface area contributed by atoms with Crippen molar-refractivity contribution >= 4 is 27.3 Å². The van der Waals surface area contributed by atoms with Gasteiger partial charge in [-0.3, -0.25) is 4.79 Å². The van der Waals surface area contributed by atoms with Crippen LogP contribution < -0.4 is 5.32 Å². The van der Waals surface area contributed by atoms with Gasteiger partial charge in [0.05, 0.1) is 4.88 Å². The van der Waals surface area contributed by atoms with Crippen molar-refractivity contribution < 1.29 is 4.79 Å². The Kier molecular flexibility index (Phi) is 3.76. The first-order valence-corrected chi connectivity index (χ1v) is 7.91. The molecule has 1 fully saturated rings. The maximum Gasteiger partial charge on any atom is 0.261 e. The number of nitrogens with zero attached hydrogens (tertiary/aromatic N) is 1. The first kappa shape index (κ1) is 13.6. The molecule has 1 aromatic heterocycles. The number of likely N-dealkylation sites (tertiary alicyclic amines) is 1. The van der Waals surface area contributed by atoms with Crippen molar-refractivity contribution in [3.05, 3.63) is 34.7 Å². The molecule has 0 bridgehead atoms. The van der Waals surface area contributed by atoms with E-state index in [1.54, 1.807) is 11.3 Å². The molecule has 0 aliphatic carbocycles. The Balaban J connectivity index is 1.68. The summed E-state index contributed by atoms with van der Waals surface area (Å²) >= 11 is 1.59. The first-order chi connectivity index (χ1) is 9.63. The predicted octanol–water partition coefficient (Wildman–Crippen LogP) is 2.89. The number of fused-ring (bicyclic) bond motifs is 1. The molecule has 20 heavy (non-hydrogen) atoms. The summed E-state index contributed by atoms with van der Waals surface area (Å²) in [6.45, 7) is 5.11. The molecular formula is C16H20N2OS. The van der Waals surface area contributed by atoms with Crippen LogP contribution >= 0.6 is 11.3 Å². The van der Waals surface area contributed by atoms with E-state index in [0.29, 0.717) is 5.92 Å². The van der Waals surface area contributed by atoms with E-state index in [1.165, 1.54) is 22.1 Å². The van der Waals surface area contributed by atoms with Crippen LogP contribution in [0.1, 0.15) is 21.7 Å². The number of nitrogens with one attached hydrogen (secondary N) is 1. The van der Waals surface area contributed by atoms with E-state index in [1.807, 2.05) is 12.1 Å². The highest BCUT2D eigenvalue weighted by Gasteiger charge is 2.20. The second-order valence-electron chi connectivity index (χ2n) is 5.73. The van der Waals surface area contributed by atoms with Crippen LogP contribution in [0.4, 0.5) is 0 Å². The molecule has 0 radical (unpaired) electrons. The highest BCUT2D eigenvalue weighted by atomic mass is 32.1. The third kappa shape index (κ3) is 2.72. The summed E-state index contributed by atoms with van der Waals surface area (Å²) in [6, 6.07) is 8.21. The summed E-state index contributed by atoms with van der Waals surface area (Å²) in [4.78, 5) is 15.4. The average molecular weight is 288 g/mol. The number of hydrogen-bond donors (Lipinski definition) is 1. The van der Waals surface area contributed by atoms with E-state index in [9.17, 15) is 4.79 Å². The van der Waals surface area contributed by atoms with Gasteiger partial charge in [0.1, 0.15) is 0 Å². The second-order valence-corrected chi connectivity index (χ2v) is 6.78. The fourth-order valence-electron chi connectivity index (χ4n) is 2.84. The van der Waals surface area contributed by atoms with Crippen LogP contribution in [0.2, 0.25) is 0 Å². The molecule has 1 aliphatic rings. The van der Waals surface area contributed by atoms with Crippen LogP contribution in [0.25, 0.3) is 10.1 Å². The fourth-order valence-corrected chi connectivity index (χ4v) is 3.88. The van der Waals surface area contributed by atoms with Crippen molar-refractivity contribution in [3.8, 4) is 0 Å². The maximum absolute atomic E-state index is 12.2. The van der Waals surface area contributed by atoms with Crippen molar-refractivity contribution in [2.45, 2.75) is 13.3 Å². The molecule has 0 spiro atoms. The van der Waals surface area contributed by atoms with Gasteiger partial charge in [-0.2, -0.15) is 0 Å². The Labute approximate surface area is 123 Å². The second kappa shape index (κ2) is 5.54. The van der Waals surface area contributed by atoms with Crippen molar-refractivity contribution in [2.24, 2.45) is 5.92 Å². The van der Waals surface area contributed by atoms with Gasteiger partial charge < -0.3 is 10.2 Å². The summed E-state index contributed by atoms with van der Waals surface area (Å²) in [5.74, 6) is 0.667. The number of aryl methyl sites for hydroxylation is 1. The SMILES string of the molecule is Cc1cccc2cc(C(=O)NCC3CCN(C)C3)sc12. The lowest BCUT2D eigenvalue weighted by atomic mass is 10.1. The van der Waals surface area contributed by atoms with Gasteiger partial charge in [0.15, 0.2) is 0 Å². The minimum absolute atomic E-state index is 0.0696. The van der Waals surface area contributed by atoms with Crippen molar-refractivity contribution in [1.29, 1.82) is 0 Å². The van der Waals surface area contributed by atoms with Gasteiger partial charge in [0.2, 0.25) is 0 Å². The number of thiophene rings is 1. The van der Waals surface area contributed by atoms with Crippen LogP contribution in [-0.4, -0.2) is 37.5 Å². The summed E-state index contributed by atoms with van der Waals surface area (Å²) in [7, 11) is 2.14. The molecule has 1 saturated heterocycles. The molecule has 2 aromatic rings. The molecule has 3 rings (SSSR count). The Morgan fingerprint density at radius 2 is 2.35 bits per heavy atom. The number of amides is 1. The lowest BCUT2D eigenvalue weighted by Crippen LogP contribution is -2.29. The van der Waals surface area contributed by atoms with Crippen LogP contribution in [0.5, 0.6) is 0 Å². The number of carbonyl (C=O) groups is 1. The molecule has 3 nitrogen and oxygen atoms in total. The van der Waals surface area contributed by atoms with E-state index >= 15 is 0 Å². The minimum Gasteiger partial charge on any atom is -0.351 e. The zero-order chi connectivity index (χ0) is 14.1. The molecule has 1 amide bonds. The molecule has 0 saturated carbocycles. The smallest absolute Gasteiger partial charge is 0.261 e. The Morgan fingerprint density at radius 1 is 1.50 bits per heavy atom. The lowest BCUT2D eigenvalue weighted by Gasteiger charge is -2.10. The highest BCUT2D eigenvalue weighted by Crippen LogP contribution is 2.28. The Morgan fingerprint density at radius 3 is 3.05 bits per heavy atom. The van der Waals surface area contributed by atoms with Crippen LogP contribution in [0.3, 0.4) is 0 Å². The van der Waals surface area contributed by atoms with Crippen LogP contribution in [0.15, 0.2) is 24.3 Å². The van der Waals surface area contributed by atoms with E-state index in [0.717, 1.165) is 24.5 Å². The molecule has 1 aliphatic heterocycles. The molecular weight excluding hydrogens is 268 g/mol. The lowest BCUT2D eigenvalue weighted by molar-refractivity contribution is 0.0951. The fraction of sp³-hybridized carbons (Fsp3) is 0.438. The summed E-state index contributed by atoms with van der Waals surface area (Å²) < 4.78 is 1.22. The Hall–Kier alpha value is -1.39. The molecule has 1 N–H and O–H groups in total. The number of hydrogen-bond acceptors (Lipinski definition) is 3. The standard InChI is InChI=1S/C16H20N2OS/c1-11-4-3-5-13-8-14(20-15(11)13)16(19)17-9-12-6-7-18(2)10-12/h3-5,8,12H,6-7,9-10H2,1-2H3,(H,17,19). The van der Waals surface area contributed by atoms with E-state index < -0.39 is 0 Å². The minimum atomic E-state index is 0.0696. The highest BCUT2D eigenvalue weighted by molar-refractivity contribution is 7.21. The molecule has 2 heterocycles. The first-order valence-electron chi connectivity index (χ1n) is 7.09.